The van der Waals surface area contributed by atoms with Crippen LogP contribution in [0.3, 0.4) is 0 Å². The Labute approximate surface area is 132 Å². The molecule has 0 saturated heterocycles. The molecule has 1 aliphatic rings. The number of methoxy groups -OCH3 is 1. The average Bonchev–Trinajstić information content (AvgIpc) is 2.90. The minimum atomic E-state index is -0.211. The second-order valence-electron chi connectivity index (χ2n) is 6.25. The van der Waals surface area contributed by atoms with E-state index in [2.05, 4.69) is 10.6 Å². The van der Waals surface area contributed by atoms with Crippen molar-refractivity contribution < 1.29 is 14.6 Å². The summed E-state index contributed by atoms with van der Waals surface area (Å²) in [7, 11) is 1.64. The highest BCUT2D eigenvalue weighted by molar-refractivity contribution is 5.74. The molecule has 3 N–H and O–H groups in total. The number of carbonyl (C=O) groups excluding carboxylic acids is 1. The molecule has 122 valence electrons. The highest BCUT2D eigenvalue weighted by Crippen LogP contribution is 2.37. The van der Waals surface area contributed by atoms with E-state index in [9.17, 15) is 9.90 Å². The topological polar surface area (TPSA) is 70.6 Å². The van der Waals surface area contributed by atoms with E-state index in [1.165, 1.54) is 0 Å². The summed E-state index contributed by atoms with van der Waals surface area (Å²) in [4.78, 5) is 12.1. The number of nitrogens with one attached hydrogen (secondary N) is 2. The molecule has 0 spiro atoms. The van der Waals surface area contributed by atoms with Crippen molar-refractivity contribution in [3.05, 3.63) is 35.9 Å². The summed E-state index contributed by atoms with van der Waals surface area (Å²) in [5, 5.41) is 15.4. The lowest BCUT2D eigenvalue weighted by Crippen LogP contribution is -2.49. The molecule has 22 heavy (non-hydrogen) atoms. The van der Waals surface area contributed by atoms with E-state index in [-0.39, 0.29) is 30.2 Å². The molecule has 3 atom stereocenters. The lowest BCUT2D eigenvalue weighted by molar-refractivity contribution is 0.101. The molecule has 0 aliphatic heterocycles. The molecule has 5 nitrogen and oxygen atoms in total. The van der Waals surface area contributed by atoms with Crippen LogP contribution < -0.4 is 10.6 Å². The van der Waals surface area contributed by atoms with Crippen molar-refractivity contribution in [1.82, 2.24) is 10.6 Å². The predicted octanol–water partition coefficient (Wildman–Crippen LogP) is 2.22. The molecule has 2 amide bonds. The van der Waals surface area contributed by atoms with Crippen LogP contribution in [0.1, 0.15) is 37.9 Å². The normalized spacial score (nSPS) is 25.7. The number of hydrogen-bond acceptors (Lipinski definition) is 3. The van der Waals surface area contributed by atoms with E-state index < -0.39 is 0 Å². The van der Waals surface area contributed by atoms with Gasteiger partial charge in [0.15, 0.2) is 0 Å². The van der Waals surface area contributed by atoms with E-state index in [0.29, 0.717) is 6.54 Å². The number of aliphatic hydroxyl groups is 1. The third-order valence-electron chi connectivity index (χ3n) is 4.65. The predicted molar refractivity (Wildman–Crippen MR) is 85.6 cm³/mol. The number of carbonyl (C=O) groups is 1. The summed E-state index contributed by atoms with van der Waals surface area (Å²) in [6, 6.07) is 9.63. The second kappa shape index (κ2) is 7.61. The molecule has 2 rings (SSSR count). The quantitative estimate of drug-likeness (QED) is 0.755. The number of urea groups is 1. The minimum Gasteiger partial charge on any atom is -0.396 e. The Morgan fingerprint density at radius 1 is 1.45 bits per heavy atom. The summed E-state index contributed by atoms with van der Waals surface area (Å²) in [6.45, 7) is 2.53. The Bertz CT molecular complexity index is 480. The van der Waals surface area contributed by atoms with E-state index in [1.807, 2.05) is 37.3 Å². The second-order valence-corrected chi connectivity index (χ2v) is 6.25. The molecular formula is C17H26N2O3. The fraction of sp³-hybridized carbons (Fsp3) is 0.588. The Morgan fingerprint density at radius 3 is 2.82 bits per heavy atom. The van der Waals surface area contributed by atoms with Gasteiger partial charge in [-0.3, -0.25) is 0 Å². The maximum atomic E-state index is 12.1. The number of benzene rings is 1. The van der Waals surface area contributed by atoms with Gasteiger partial charge in [0, 0.05) is 25.1 Å². The van der Waals surface area contributed by atoms with E-state index in [1.54, 1.807) is 7.11 Å². The maximum absolute atomic E-state index is 12.1. The zero-order chi connectivity index (χ0) is 16.0. The van der Waals surface area contributed by atoms with Crippen molar-refractivity contribution in [2.45, 2.75) is 38.3 Å². The van der Waals surface area contributed by atoms with E-state index in [4.69, 9.17) is 4.74 Å². The molecule has 0 heterocycles. The molecule has 1 fully saturated rings. The number of aliphatic hydroxyl groups excluding tert-OH is 1. The van der Waals surface area contributed by atoms with Gasteiger partial charge in [-0.15, -0.1) is 0 Å². The highest BCUT2D eigenvalue weighted by atomic mass is 16.5. The molecule has 1 aromatic carbocycles. The Morgan fingerprint density at radius 2 is 2.18 bits per heavy atom. The van der Waals surface area contributed by atoms with Crippen LogP contribution in [0.2, 0.25) is 0 Å². The number of rotatable bonds is 6. The maximum Gasteiger partial charge on any atom is 0.315 e. The molecule has 0 radical (unpaired) electrons. The van der Waals surface area contributed by atoms with Crippen molar-refractivity contribution in [3.8, 4) is 0 Å². The largest absolute Gasteiger partial charge is 0.396 e. The molecule has 0 aromatic heterocycles. The van der Waals surface area contributed by atoms with E-state index in [0.717, 1.165) is 24.8 Å². The van der Waals surface area contributed by atoms with Crippen LogP contribution in [-0.4, -0.2) is 37.4 Å². The minimum absolute atomic E-state index is 0.0234. The first kappa shape index (κ1) is 16.8. The van der Waals surface area contributed by atoms with Gasteiger partial charge in [-0.05, 0) is 18.4 Å². The van der Waals surface area contributed by atoms with Crippen molar-refractivity contribution >= 4 is 6.03 Å². The van der Waals surface area contributed by atoms with Crippen LogP contribution in [0, 0.1) is 5.41 Å². The van der Waals surface area contributed by atoms with Gasteiger partial charge < -0.3 is 20.5 Å². The Kier molecular flexibility index (Phi) is 5.80. The van der Waals surface area contributed by atoms with Gasteiger partial charge in [-0.1, -0.05) is 43.7 Å². The number of ether oxygens (including phenoxy) is 1. The molecule has 3 unspecified atom stereocenters. The standard InChI is InChI=1S/C17H26N2O3/c1-17(12-20)10-6-9-15(17)19-16(21)18-11-14(22-2)13-7-4-3-5-8-13/h3-5,7-8,14-15,20H,6,9-12H2,1-2H3,(H2,18,19,21). The Balaban J connectivity index is 1.84. The fourth-order valence-electron chi connectivity index (χ4n) is 3.07. The van der Waals surface area contributed by atoms with Crippen molar-refractivity contribution in [1.29, 1.82) is 0 Å². The zero-order valence-corrected chi connectivity index (χ0v) is 13.3. The molecule has 1 aromatic rings. The van der Waals surface area contributed by atoms with Gasteiger partial charge in [0.05, 0.1) is 12.7 Å². The molecule has 0 bridgehead atoms. The first-order valence-corrected chi connectivity index (χ1v) is 7.82. The van der Waals surface area contributed by atoms with E-state index >= 15 is 0 Å². The monoisotopic (exact) mass is 306 g/mol. The van der Waals surface area contributed by atoms with Crippen LogP contribution in [0.5, 0.6) is 0 Å². The fourth-order valence-corrected chi connectivity index (χ4v) is 3.07. The van der Waals surface area contributed by atoms with Crippen LogP contribution in [-0.2, 0) is 4.74 Å². The molecule has 1 aliphatic carbocycles. The van der Waals surface area contributed by atoms with Crippen molar-refractivity contribution in [2.75, 3.05) is 20.3 Å². The van der Waals surface area contributed by atoms with Crippen LogP contribution in [0.25, 0.3) is 0 Å². The molecular weight excluding hydrogens is 280 g/mol. The number of hydrogen-bond donors (Lipinski definition) is 3. The van der Waals surface area contributed by atoms with Gasteiger partial charge >= 0.3 is 6.03 Å². The van der Waals surface area contributed by atoms with Crippen LogP contribution in [0.4, 0.5) is 4.79 Å². The summed E-state index contributed by atoms with van der Waals surface area (Å²) in [5.41, 5.74) is 0.823. The lowest BCUT2D eigenvalue weighted by atomic mass is 9.86. The summed E-state index contributed by atoms with van der Waals surface area (Å²) in [5.74, 6) is 0. The van der Waals surface area contributed by atoms with Crippen molar-refractivity contribution in [2.24, 2.45) is 5.41 Å². The summed E-state index contributed by atoms with van der Waals surface area (Å²) >= 11 is 0. The van der Waals surface area contributed by atoms with Gasteiger partial charge in [-0.2, -0.15) is 0 Å². The summed E-state index contributed by atoms with van der Waals surface area (Å²) in [6.07, 6.45) is 2.72. The first-order valence-electron chi connectivity index (χ1n) is 7.82. The molecule has 5 heteroatoms. The SMILES string of the molecule is COC(CNC(=O)NC1CCCC1(C)CO)c1ccccc1. The zero-order valence-electron chi connectivity index (χ0n) is 13.3. The third kappa shape index (κ3) is 3.99. The van der Waals surface area contributed by atoms with Crippen molar-refractivity contribution in [3.63, 3.8) is 0 Å². The van der Waals surface area contributed by atoms with Crippen LogP contribution >= 0.6 is 0 Å². The van der Waals surface area contributed by atoms with Gasteiger partial charge in [0.2, 0.25) is 0 Å². The lowest BCUT2D eigenvalue weighted by Gasteiger charge is -2.30. The smallest absolute Gasteiger partial charge is 0.315 e. The third-order valence-corrected chi connectivity index (χ3v) is 4.65. The average molecular weight is 306 g/mol. The Hall–Kier alpha value is -1.59. The number of amides is 2. The molecule has 1 saturated carbocycles. The summed E-state index contributed by atoms with van der Waals surface area (Å²) < 4.78 is 5.44. The van der Waals surface area contributed by atoms with Crippen LogP contribution in [0.15, 0.2) is 30.3 Å². The first-order chi connectivity index (χ1) is 10.6. The van der Waals surface area contributed by atoms with Gasteiger partial charge in [0.25, 0.3) is 0 Å². The highest BCUT2D eigenvalue weighted by Gasteiger charge is 2.39. The van der Waals surface area contributed by atoms with Gasteiger partial charge in [-0.25, -0.2) is 4.79 Å². The van der Waals surface area contributed by atoms with Gasteiger partial charge in [0.1, 0.15) is 0 Å².